The number of hydrogen-bond acceptors (Lipinski definition) is 1. The van der Waals surface area contributed by atoms with Crippen LogP contribution in [-0.4, -0.2) is 4.57 Å². The zero-order valence-electron chi connectivity index (χ0n) is 29.0. The molecule has 1 aromatic heterocycles. The van der Waals surface area contributed by atoms with Crippen molar-refractivity contribution in [1.29, 1.82) is 0 Å². The van der Waals surface area contributed by atoms with Gasteiger partial charge in [0.1, 0.15) is 0 Å². The first kappa shape index (κ1) is 29.7. The maximum atomic E-state index is 15.4. The van der Waals surface area contributed by atoms with Crippen molar-refractivity contribution in [3.05, 3.63) is 181 Å². The van der Waals surface area contributed by atoms with Crippen LogP contribution in [0.4, 0.5) is 0 Å². The van der Waals surface area contributed by atoms with Crippen molar-refractivity contribution >= 4 is 55.6 Å². The van der Waals surface area contributed by atoms with Crippen molar-refractivity contribution in [3.63, 3.8) is 0 Å². The van der Waals surface area contributed by atoms with Gasteiger partial charge in [0.25, 0.3) is 0 Å². The van der Waals surface area contributed by atoms with Gasteiger partial charge < -0.3 is 9.13 Å². The maximum Gasteiger partial charge on any atom is 0.172 e. The summed E-state index contributed by atoms with van der Waals surface area (Å²) in [4.78, 5) is 0. The Morgan fingerprint density at radius 1 is 0.462 bits per heavy atom. The lowest BCUT2D eigenvalue weighted by atomic mass is 9.81. The smallest absolute Gasteiger partial charge is 0.172 e. The standard InChI is InChI=1S/C49H34NOP/c1-49(2)43-27-34(33-21-20-31-12-6-7-13-32(31)26-33)22-24-37(43)38-25-23-35(28-44(38)49)50-45-18-10-8-16-39(45)41-30-48-42(29-46(41)50)40-17-9-11-19-47(40)52(48,51)36-14-4-3-5-15-36/h3-30H,1-2H3. The first-order valence-corrected chi connectivity index (χ1v) is 19.7. The molecular formula is C49H34NOP. The van der Waals surface area contributed by atoms with E-state index in [-0.39, 0.29) is 5.41 Å². The average Bonchev–Trinajstić information content (AvgIpc) is 3.74. The van der Waals surface area contributed by atoms with Crippen LogP contribution in [0.2, 0.25) is 0 Å². The molecule has 2 aliphatic rings. The highest BCUT2D eigenvalue weighted by atomic mass is 31.2. The third-order valence-electron chi connectivity index (χ3n) is 11.8. The van der Waals surface area contributed by atoms with E-state index in [2.05, 4.69) is 152 Å². The summed E-state index contributed by atoms with van der Waals surface area (Å²) in [5, 5.41) is 7.56. The molecule has 9 aromatic rings. The largest absolute Gasteiger partial charge is 0.309 e. The lowest BCUT2D eigenvalue weighted by Crippen LogP contribution is -2.20. The van der Waals surface area contributed by atoms with E-state index in [1.807, 2.05) is 36.4 Å². The molecule has 0 spiro atoms. The summed E-state index contributed by atoms with van der Waals surface area (Å²) in [7, 11) is -3.06. The number of hydrogen-bond donors (Lipinski definition) is 0. The topological polar surface area (TPSA) is 22.0 Å². The van der Waals surface area contributed by atoms with Gasteiger partial charge >= 0.3 is 0 Å². The van der Waals surface area contributed by atoms with Crippen molar-refractivity contribution in [3.8, 4) is 39.1 Å². The van der Waals surface area contributed by atoms with E-state index in [1.54, 1.807) is 0 Å². The highest BCUT2D eigenvalue weighted by Crippen LogP contribution is 2.54. The summed E-state index contributed by atoms with van der Waals surface area (Å²) in [6.45, 7) is 4.73. The molecule has 8 aromatic carbocycles. The maximum absolute atomic E-state index is 15.4. The molecule has 1 atom stereocenters. The van der Waals surface area contributed by atoms with E-state index >= 15 is 4.57 Å². The van der Waals surface area contributed by atoms with Gasteiger partial charge in [-0.15, -0.1) is 0 Å². The lowest BCUT2D eigenvalue weighted by molar-refractivity contribution is 0.593. The normalized spacial score (nSPS) is 16.6. The Morgan fingerprint density at radius 3 is 2.00 bits per heavy atom. The Kier molecular flexibility index (Phi) is 6.03. The second kappa shape index (κ2) is 10.5. The van der Waals surface area contributed by atoms with Crippen molar-refractivity contribution in [2.24, 2.45) is 0 Å². The molecule has 0 radical (unpaired) electrons. The number of fused-ring (bicyclic) bond motifs is 10. The predicted molar refractivity (Wildman–Crippen MR) is 220 cm³/mol. The van der Waals surface area contributed by atoms with E-state index in [0.717, 1.165) is 49.1 Å². The second-order valence-corrected chi connectivity index (χ2v) is 17.6. The monoisotopic (exact) mass is 683 g/mol. The fourth-order valence-electron chi connectivity index (χ4n) is 9.19. The van der Waals surface area contributed by atoms with E-state index in [9.17, 15) is 0 Å². The van der Waals surface area contributed by atoms with Crippen LogP contribution in [-0.2, 0) is 9.98 Å². The van der Waals surface area contributed by atoms with E-state index < -0.39 is 7.14 Å². The Labute approximate surface area is 303 Å². The third-order valence-corrected chi connectivity index (χ3v) is 14.9. The lowest BCUT2D eigenvalue weighted by Gasteiger charge is -2.23. The van der Waals surface area contributed by atoms with Crippen LogP contribution in [0, 0.1) is 0 Å². The minimum atomic E-state index is -3.06. The summed E-state index contributed by atoms with van der Waals surface area (Å²) in [5.41, 5.74) is 13.1. The fraction of sp³-hybridized carbons (Fsp3) is 0.0612. The summed E-state index contributed by atoms with van der Waals surface area (Å²) >= 11 is 0. The first-order chi connectivity index (χ1) is 25.4. The second-order valence-electron chi connectivity index (χ2n) is 14.9. The van der Waals surface area contributed by atoms with Gasteiger partial charge in [0.2, 0.25) is 0 Å². The molecule has 246 valence electrons. The molecule has 0 fully saturated rings. The van der Waals surface area contributed by atoms with Crippen molar-refractivity contribution in [2.75, 3.05) is 0 Å². The third kappa shape index (κ3) is 3.93. The van der Waals surface area contributed by atoms with Crippen molar-refractivity contribution < 1.29 is 4.57 Å². The minimum absolute atomic E-state index is 0.186. The number of benzene rings is 8. The first-order valence-electron chi connectivity index (χ1n) is 18.0. The van der Waals surface area contributed by atoms with Gasteiger partial charge in [-0.05, 0) is 97.7 Å². The van der Waals surface area contributed by atoms with E-state index in [4.69, 9.17) is 0 Å². The van der Waals surface area contributed by atoms with Crippen molar-refractivity contribution in [2.45, 2.75) is 19.3 Å². The zero-order chi connectivity index (χ0) is 34.8. The Morgan fingerprint density at radius 2 is 1.13 bits per heavy atom. The SMILES string of the molecule is CC1(C)c2cc(-c3ccc4ccccc4c3)ccc2-c2ccc(-n3c4ccccc4c4cc5c(cc43)-c3ccccc3P5(=O)c3ccccc3)cc21. The van der Waals surface area contributed by atoms with Gasteiger partial charge in [-0.3, -0.25) is 0 Å². The van der Waals surface area contributed by atoms with Gasteiger partial charge in [0.15, 0.2) is 7.14 Å². The summed E-state index contributed by atoms with van der Waals surface area (Å²) in [6.07, 6.45) is 0. The van der Waals surface area contributed by atoms with Gasteiger partial charge in [0.05, 0.1) is 11.0 Å². The zero-order valence-corrected chi connectivity index (χ0v) is 29.9. The highest BCUT2D eigenvalue weighted by Gasteiger charge is 2.41. The van der Waals surface area contributed by atoms with Crippen LogP contribution in [0.25, 0.3) is 71.6 Å². The molecule has 2 heterocycles. The molecular weight excluding hydrogens is 650 g/mol. The quantitative estimate of drug-likeness (QED) is 0.170. The molecule has 11 rings (SSSR count). The molecule has 2 nitrogen and oxygen atoms in total. The Hall–Kier alpha value is -5.95. The minimum Gasteiger partial charge on any atom is -0.309 e. The van der Waals surface area contributed by atoms with Gasteiger partial charge in [-0.2, -0.15) is 0 Å². The van der Waals surface area contributed by atoms with Crippen LogP contribution < -0.4 is 15.9 Å². The Balaban J connectivity index is 1.09. The number of aromatic nitrogens is 1. The molecule has 1 aliphatic heterocycles. The van der Waals surface area contributed by atoms with Crippen molar-refractivity contribution in [1.82, 2.24) is 4.57 Å². The highest BCUT2D eigenvalue weighted by molar-refractivity contribution is 7.86. The van der Waals surface area contributed by atoms with Crippen LogP contribution in [0.1, 0.15) is 25.0 Å². The van der Waals surface area contributed by atoms with Gasteiger partial charge in [0, 0.05) is 37.8 Å². The van der Waals surface area contributed by atoms with Crippen LogP contribution >= 0.6 is 7.14 Å². The molecule has 0 N–H and O–H groups in total. The molecule has 1 aliphatic carbocycles. The molecule has 1 unspecified atom stereocenters. The van der Waals surface area contributed by atoms with Gasteiger partial charge in [-0.1, -0.05) is 141 Å². The van der Waals surface area contributed by atoms with E-state index in [0.29, 0.717) is 0 Å². The summed E-state index contributed by atoms with van der Waals surface area (Å²) in [6, 6.07) is 60.9. The average molecular weight is 684 g/mol. The van der Waals surface area contributed by atoms with E-state index in [1.165, 1.54) is 49.5 Å². The molecule has 3 heteroatoms. The predicted octanol–water partition coefficient (Wildman–Crippen LogP) is 11.5. The molecule has 0 amide bonds. The molecule has 0 bridgehead atoms. The number of nitrogens with zero attached hydrogens (tertiary/aromatic N) is 1. The van der Waals surface area contributed by atoms with Crippen LogP contribution in [0.3, 0.4) is 0 Å². The van der Waals surface area contributed by atoms with Gasteiger partial charge in [-0.25, -0.2) is 0 Å². The van der Waals surface area contributed by atoms with Crippen LogP contribution in [0.15, 0.2) is 170 Å². The fourth-order valence-corrected chi connectivity index (χ4v) is 12.3. The molecule has 0 saturated carbocycles. The van der Waals surface area contributed by atoms with Crippen LogP contribution in [0.5, 0.6) is 0 Å². The number of rotatable bonds is 3. The molecule has 0 saturated heterocycles. The number of para-hydroxylation sites is 1. The summed E-state index contributed by atoms with van der Waals surface area (Å²) in [5.74, 6) is 0. The Bertz CT molecular complexity index is 3020. The molecule has 52 heavy (non-hydrogen) atoms. The summed E-state index contributed by atoms with van der Waals surface area (Å²) < 4.78 is 17.8.